The average molecular weight is 396 g/mol. The van der Waals surface area contributed by atoms with Gasteiger partial charge in [0.15, 0.2) is 0 Å². The minimum atomic E-state index is -1.44. The lowest BCUT2D eigenvalue weighted by atomic mass is 10.1. The van der Waals surface area contributed by atoms with E-state index in [4.69, 9.17) is 4.74 Å². The monoisotopic (exact) mass is 396 g/mol. The first kappa shape index (κ1) is 22.9. The van der Waals surface area contributed by atoms with E-state index in [-0.39, 0.29) is 19.4 Å². The van der Waals surface area contributed by atoms with Crippen molar-refractivity contribution >= 4 is 23.9 Å². The molecule has 0 aliphatic heterocycles. The molecule has 154 valence electrons. The van der Waals surface area contributed by atoms with Gasteiger partial charge in [-0.25, -0.2) is 9.59 Å². The minimum absolute atomic E-state index is 0.0439. The van der Waals surface area contributed by atoms with E-state index in [1.54, 1.807) is 30.3 Å². The Hall–Kier alpha value is -3.14. The molecule has 0 saturated carbocycles. The molecule has 10 heteroatoms. The van der Waals surface area contributed by atoms with Crippen molar-refractivity contribution in [2.75, 3.05) is 7.11 Å². The third-order valence-corrected chi connectivity index (χ3v) is 3.73. The predicted octanol–water partition coefficient (Wildman–Crippen LogP) is 0.185. The maximum atomic E-state index is 12.3. The van der Waals surface area contributed by atoms with Crippen LogP contribution >= 0.6 is 0 Å². The van der Waals surface area contributed by atoms with Gasteiger partial charge in [-0.1, -0.05) is 30.3 Å². The highest BCUT2D eigenvalue weighted by Gasteiger charge is 2.30. The van der Waals surface area contributed by atoms with Gasteiger partial charge in [-0.3, -0.25) is 9.59 Å². The van der Waals surface area contributed by atoms with Crippen LogP contribution in [0.5, 0.6) is 0 Å². The molecule has 10 nitrogen and oxygen atoms in total. The molecule has 0 saturated heterocycles. The Morgan fingerprint density at radius 2 is 1.75 bits per heavy atom. The Morgan fingerprint density at radius 3 is 2.29 bits per heavy atom. The molecule has 3 atom stereocenters. The molecule has 0 bridgehead atoms. The first-order valence-electron chi connectivity index (χ1n) is 8.49. The molecular weight excluding hydrogens is 372 g/mol. The zero-order chi connectivity index (χ0) is 21.1. The number of ether oxygens (including phenoxy) is 2. The van der Waals surface area contributed by atoms with Gasteiger partial charge in [0.05, 0.1) is 13.2 Å². The quantitative estimate of drug-likeness (QED) is 0.409. The van der Waals surface area contributed by atoms with Crippen molar-refractivity contribution in [3.8, 4) is 0 Å². The van der Waals surface area contributed by atoms with Gasteiger partial charge in [0, 0.05) is 6.42 Å². The Morgan fingerprint density at radius 1 is 1.11 bits per heavy atom. The number of aliphatic hydroxyl groups is 1. The summed E-state index contributed by atoms with van der Waals surface area (Å²) in [5.41, 5.74) is 0.726. The van der Waals surface area contributed by atoms with Gasteiger partial charge >= 0.3 is 18.0 Å². The molecule has 4 N–H and O–H groups in total. The van der Waals surface area contributed by atoms with E-state index in [2.05, 4.69) is 15.4 Å². The number of nitrogens with one attached hydrogen (secondary N) is 2. The van der Waals surface area contributed by atoms with Gasteiger partial charge < -0.3 is 30.3 Å². The van der Waals surface area contributed by atoms with Crippen LogP contribution in [0, 0.1) is 0 Å². The minimum Gasteiger partial charge on any atom is -0.480 e. The average Bonchev–Trinajstić information content (AvgIpc) is 2.67. The maximum absolute atomic E-state index is 12.3. The molecule has 2 amide bonds. The SMILES string of the molecule is COC(=O)CC[C@@H](NC(=O)[C@@H](NC(=O)OCc1ccccc1)[C@@H](C)O)C(=O)O. The van der Waals surface area contributed by atoms with E-state index < -0.39 is 42.1 Å². The van der Waals surface area contributed by atoms with Crippen LogP contribution in [0.4, 0.5) is 4.79 Å². The van der Waals surface area contributed by atoms with Crippen molar-refractivity contribution in [2.24, 2.45) is 0 Å². The van der Waals surface area contributed by atoms with Gasteiger partial charge in [-0.15, -0.1) is 0 Å². The van der Waals surface area contributed by atoms with Gasteiger partial charge in [-0.2, -0.15) is 0 Å². The molecule has 0 radical (unpaired) electrons. The van der Waals surface area contributed by atoms with Crippen molar-refractivity contribution < 1.29 is 38.9 Å². The molecule has 0 fully saturated rings. The molecule has 0 aliphatic rings. The van der Waals surface area contributed by atoms with Crippen LogP contribution in [0.2, 0.25) is 0 Å². The molecule has 0 unspecified atom stereocenters. The number of carbonyl (C=O) groups is 4. The van der Waals surface area contributed by atoms with E-state index in [0.29, 0.717) is 0 Å². The number of methoxy groups -OCH3 is 1. The molecular formula is C18H24N2O8. The largest absolute Gasteiger partial charge is 0.480 e. The summed E-state index contributed by atoms with van der Waals surface area (Å²) in [4.78, 5) is 46.6. The topological polar surface area (TPSA) is 151 Å². The van der Waals surface area contributed by atoms with E-state index in [9.17, 15) is 29.4 Å². The lowest BCUT2D eigenvalue weighted by molar-refractivity contribution is -0.144. The molecule has 1 aromatic carbocycles. The molecule has 1 aromatic rings. The number of amides is 2. The second-order valence-electron chi connectivity index (χ2n) is 5.94. The number of aliphatic hydroxyl groups excluding tert-OH is 1. The van der Waals surface area contributed by atoms with Crippen molar-refractivity contribution in [3.63, 3.8) is 0 Å². The fraction of sp³-hybridized carbons (Fsp3) is 0.444. The first-order chi connectivity index (χ1) is 13.2. The Kier molecular flexibility index (Phi) is 9.44. The second kappa shape index (κ2) is 11.5. The van der Waals surface area contributed by atoms with Crippen LogP contribution in [-0.4, -0.2) is 59.4 Å². The fourth-order valence-corrected chi connectivity index (χ4v) is 2.18. The highest BCUT2D eigenvalue weighted by Crippen LogP contribution is 2.04. The fourth-order valence-electron chi connectivity index (χ4n) is 2.18. The van der Waals surface area contributed by atoms with E-state index in [1.165, 1.54) is 6.92 Å². The summed E-state index contributed by atoms with van der Waals surface area (Å²) in [7, 11) is 1.16. The number of rotatable bonds is 10. The van der Waals surface area contributed by atoms with Crippen LogP contribution in [0.15, 0.2) is 30.3 Å². The summed E-state index contributed by atoms with van der Waals surface area (Å²) in [6.45, 7) is 1.21. The van der Waals surface area contributed by atoms with Crippen LogP contribution in [0.25, 0.3) is 0 Å². The molecule has 0 spiro atoms. The number of carbonyl (C=O) groups excluding carboxylic acids is 3. The Bertz CT molecular complexity index is 677. The van der Waals surface area contributed by atoms with Crippen molar-refractivity contribution in [1.82, 2.24) is 10.6 Å². The van der Waals surface area contributed by atoms with E-state index in [1.807, 2.05) is 0 Å². The highest BCUT2D eigenvalue weighted by atomic mass is 16.5. The lowest BCUT2D eigenvalue weighted by Gasteiger charge is -2.23. The second-order valence-corrected chi connectivity index (χ2v) is 5.94. The summed E-state index contributed by atoms with van der Waals surface area (Å²) in [6, 6.07) is 5.98. The predicted molar refractivity (Wildman–Crippen MR) is 96.0 cm³/mol. The number of hydrogen-bond donors (Lipinski definition) is 4. The number of hydrogen-bond acceptors (Lipinski definition) is 7. The van der Waals surface area contributed by atoms with Gasteiger partial charge in [0.25, 0.3) is 0 Å². The first-order valence-corrected chi connectivity index (χ1v) is 8.49. The number of benzene rings is 1. The van der Waals surface area contributed by atoms with Gasteiger partial charge in [0.2, 0.25) is 5.91 Å². The Balaban J connectivity index is 2.64. The summed E-state index contributed by atoms with van der Waals surface area (Å²) in [5.74, 6) is -2.92. The van der Waals surface area contributed by atoms with Gasteiger partial charge in [0.1, 0.15) is 18.7 Å². The molecule has 28 heavy (non-hydrogen) atoms. The molecule has 0 aliphatic carbocycles. The molecule has 0 heterocycles. The van der Waals surface area contributed by atoms with E-state index >= 15 is 0 Å². The summed E-state index contributed by atoms with van der Waals surface area (Å²) < 4.78 is 9.42. The normalized spacial score (nSPS) is 13.5. The number of aliphatic carboxylic acids is 1. The van der Waals surface area contributed by atoms with Crippen molar-refractivity contribution in [1.29, 1.82) is 0 Å². The number of esters is 1. The zero-order valence-corrected chi connectivity index (χ0v) is 15.6. The lowest BCUT2D eigenvalue weighted by Crippen LogP contribution is -2.55. The van der Waals surface area contributed by atoms with E-state index in [0.717, 1.165) is 12.7 Å². The zero-order valence-electron chi connectivity index (χ0n) is 15.6. The van der Waals surface area contributed by atoms with Crippen LogP contribution in [-0.2, 0) is 30.5 Å². The van der Waals surface area contributed by atoms with Crippen LogP contribution in [0.1, 0.15) is 25.3 Å². The highest BCUT2D eigenvalue weighted by molar-refractivity contribution is 5.89. The van der Waals surface area contributed by atoms with Crippen LogP contribution in [0.3, 0.4) is 0 Å². The van der Waals surface area contributed by atoms with Crippen LogP contribution < -0.4 is 10.6 Å². The summed E-state index contributed by atoms with van der Waals surface area (Å²) in [6.07, 6.45) is -2.70. The van der Waals surface area contributed by atoms with Gasteiger partial charge in [-0.05, 0) is 18.9 Å². The number of carboxylic acids is 1. The summed E-state index contributed by atoms with van der Waals surface area (Å²) in [5, 5.41) is 23.3. The molecule has 0 aromatic heterocycles. The number of alkyl carbamates (subject to hydrolysis) is 1. The standard InChI is InChI=1S/C18H24N2O8/c1-11(21)15(20-18(26)28-10-12-6-4-3-5-7-12)16(23)19-13(17(24)25)8-9-14(22)27-2/h3-7,11,13,15,21H,8-10H2,1-2H3,(H,19,23)(H,20,26)(H,24,25)/t11-,13-,15+/m1/s1. The summed E-state index contributed by atoms with van der Waals surface area (Å²) >= 11 is 0. The smallest absolute Gasteiger partial charge is 0.408 e. The third-order valence-electron chi connectivity index (χ3n) is 3.73. The van der Waals surface area contributed by atoms with Crippen molar-refractivity contribution in [3.05, 3.63) is 35.9 Å². The third kappa shape index (κ3) is 8.04. The Labute approximate surface area is 161 Å². The number of carboxylic acid groups (broad SMARTS) is 1. The molecule has 1 rings (SSSR count). The maximum Gasteiger partial charge on any atom is 0.408 e. The van der Waals surface area contributed by atoms with Crippen molar-refractivity contribution in [2.45, 2.75) is 44.6 Å².